The third-order valence-corrected chi connectivity index (χ3v) is 14.2. The van der Waals surface area contributed by atoms with E-state index in [4.69, 9.17) is 14.5 Å². The summed E-state index contributed by atoms with van der Waals surface area (Å²) in [7, 11) is 1.05. The number of nitrogens with one attached hydrogen (secondary N) is 3. The van der Waals surface area contributed by atoms with Crippen LogP contribution in [-0.2, 0) is 29.1 Å². The van der Waals surface area contributed by atoms with Gasteiger partial charge in [-0.1, -0.05) is 26.0 Å². The van der Waals surface area contributed by atoms with Crippen molar-refractivity contribution in [3.05, 3.63) is 36.4 Å². The van der Waals surface area contributed by atoms with Crippen LogP contribution in [0, 0.1) is 17.8 Å². The number of carbonyl (C=O) groups excluding carboxylic acids is 4. The Hall–Kier alpha value is -4.81. The van der Waals surface area contributed by atoms with E-state index in [1.54, 1.807) is 50.2 Å². The lowest BCUT2D eigenvalue weighted by atomic mass is 9.88. The molecule has 3 fully saturated rings. The second-order valence-corrected chi connectivity index (χ2v) is 19.1. The number of alkyl carbamates (subject to hydrolysis) is 1. The van der Waals surface area contributed by atoms with Gasteiger partial charge in [0.05, 0.1) is 18.4 Å². The smallest absolute Gasteiger partial charge is 0.425 e. The monoisotopic (exact) mass is 850 g/mol. The van der Waals surface area contributed by atoms with Crippen LogP contribution in [0.2, 0.25) is 0 Å². The highest BCUT2D eigenvalue weighted by Gasteiger charge is 2.63. The molecule has 324 valence electrons. The highest BCUT2D eigenvalue weighted by molar-refractivity contribution is 7.91. The van der Waals surface area contributed by atoms with Crippen molar-refractivity contribution in [2.75, 3.05) is 32.6 Å². The van der Waals surface area contributed by atoms with Crippen LogP contribution in [-0.4, -0.2) is 111 Å². The minimum atomic E-state index is -4.86. The third kappa shape index (κ3) is 9.34. The maximum Gasteiger partial charge on any atom is 0.425 e. The minimum Gasteiger partial charge on any atom is -0.497 e. The van der Waals surface area contributed by atoms with E-state index in [-0.39, 0.29) is 31.2 Å². The van der Waals surface area contributed by atoms with Crippen LogP contribution in [0.4, 0.5) is 23.8 Å². The van der Waals surface area contributed by atoms with Crippen LogP contribution in [0.15, 0.2) is 36.4 Å². The Labute approximate surface area is 341 Å². The van der Waals surface area contributed by atoms with E-state index in [0.29, 0.717) is 56.0 Å². The van der Waals surface area contributed by atoms with Crippen molar-refractivity contribution in [1.29, 1.82) is 0 Å². The number of halogens is 3. The summed E-state index contributed by atoms with van der Waals surface area (Å²) in [5, 5.41) is 6.51. The van der Waals surface area contributed by atoms with Gasteiger partial charge in [-0.05, 0) is 93.9 Å². The van der Waals surface area contributed by atoms with Gasteiger partial charge in [-0.15, -0.1) is 0 Å². The van der Waals surface area contributed by atoms with E-state index in [1.807, 2.05) is 19.1 Å². The zero-order chi connectivity index (χ0) is 43.2. The Morgan fingerprint density at radius 2 is 1.83 bits per heavy atom. The number of anilines is 1. The molecule has 59 heavy (non-hydrogen) atoms. The van der Waals surface area contributed by atoms with Crippen LogP contribution in [0.5, 0.6) is 11.6 Å². The number of ether oxygens (including phenoxy) is 3. The molecule has 0 radical (unpaired) electrons. The number of fused-ring (bicyclic) bond motifs is 3. The molecule has 1 aromatic carbocycles. The van der Waals surface area contributed by atoms with Gasteiger partial charge in [0.15, 0.2) is 6.10 Å². The van der Waals surface area contributed by atoms with Crippen molar-refractivity contribution in [2.24, 2.45) is 17.8 Å². The van der Waals surface area contributed by atoms with Gasteiger partial charge < -0.3 is 34.6 Å². The van der Waals surface area contributed by atoms with Gasteiger partial charge in [0, 0.05) is 31.8 Å². The Morgan fingerprint density at radius 3 is 2.47 bits per heavy atom. The molecule has 3 heterocycles. The first-order chi connectivity index (χ1) is 27.6. The average Bonchev–Trinajstić information content (AvgIpc) is 4.04. The number of allylic oxidation sites excluding steroid dienone is 1. The zero-order valence-corrected chi connectivity index (χ0v) is 35.0. The average molecular weight is 851 g/mol. The van der Waals surface area contributed by atoms with E-state index in [2.05, 4.69) is 20.1 Å². The second kappa shape index (κ2) is 16.3. The highest BCUT2D eigenvalue weighted by atomic mass is 32.2. The SMILES string of the molecule is COc1ccc2c(O[C@@H]3C[C@H]4C(=O)N[C@]5(C(=O)NS(=O)(=O)C6(C)CC6)C[C@H]5/C=C\CC[C@@H](C)C[C@@H](C)[C@H](NC(=O)O[C@H](C)C(F)(F)F)C(=O)N4C3)nc(N(C)C)cc2c1. The number of hydrogen-bond donors (Lipinski definition) is 3. The first kappa shape index (κ1) is 43.8. The molecule has 15 nitrogen and oxygen atoms in total. The molecule has 2 aliphatic carbocycles. The van der Waals surface area contributed by atoms with Gasteiger partial charge in [-0.3, -0.25) is 19.1 Å². The van der Waals surface area contributed by atoms with E-state index in [9.17, 15) is 40.8 Å². The summed E-state index contributed by atoms with van der Waals surface area (Å²) in [6.45, 7) is 5.62. The fourth-order valence-corrected chi connectivity index (χ4v) is 9.09. The number of aromatic nitrogens is 1. The topological polar surface area (TPSA) is 186 Å². The molecule has 1 aromatic heterocycles. The molecule has 2 saturated carbocycles. The van der Waals surface area contributed by atoms with Gasteiger partial charge in [0.2, 0.25) is 27.7 Å². The van der Waals surface area contributed by atoms with Gasteiger partial charge in [-0.2, -0.15) is 18.2 Å². The van der Waals surface area contributed by atoms with Crippen molar-refractivity contribution in [1.82, 2.24) is 25.2 Å². The molecule has 0 bridgehead atoms. The predicted octanol–water partition coefficient (Wildman–Crippen LogP) is 4.59. The fourth-order valence-electron chi connectivity index (χ4n) is 7.78. The maximum atomic E-state index is 14.8. The second-order valence-electron chi connectivity index (χ2n) is 16.9. The minimum absolute atomic E-state index is 0.0362. The van der Waals surface area contributed by atoms with Crippen LogP contribution in [0.25, 0.3) is 10.8 Å². The predicted molar refractivity (Wildman–Crippen MR) is 211 cm³/mol. The highest BCUT2D eigenvalue weighted by Crippen LogP contribution is 2.48. The summed E-state index contributed by atoms with van der Waals surface area (Å²) < 4.78 is 84.3. The van der Waals surface area contributed by atoms with E-state index in [1.165, 1.54) is 18.9 Å². The van der Waals surface area contributed by atoms with Gasteiger partial charge in [0.1, 0.15) is 35.3 Å². The van der Waals surface area contributed by atoms with E-state index in [0.717, 1.165) is 5.39 Å². The molecular formula is C40H53F3N6O9S. The first-order valence-corrected chi connectivity index (χ1v) is 21.3. The van der Waals surface area contributed by atoms with Crippen LogP contribution >= 0.6 is 0 Å². The molecule has 19 heteroatoms. The summed E-state index contributed by atoms with van der Waals surface area (Å²) in [6.07, 6.45) is -3.76. The number of amides is 4. The van der Waals surface area contributed by atoms with E-state index < -0.39 is 86.4 Å². The Morgan fingerprint density at radius 1 is 1.12 bits per heavy atom. The van der Waals surface area contributed by atoms with E-state index >= 15 is 0 Å². The standard InChI is InChI=1S/C40H53F3N6O9S/c1-22-10-8-9-11-26-20-39(26,36(52)47-59(54,55)38(4)14-15-38)46-33(50)30-19-28(58-34-29-13-12-27(56-7)17-25(29)18-31(44-34)48(5)6)21-49(30)35(51)32(23(2)16-22)45-37(53)57-24(3)40(41,42)43/h9,11-13,17-18,22-24,26,28,30,32H,8,10,14-16,19-21H2,1-7H3,(H,45,53)(H,46,50)(H,47,52)/b11-9-/t22-,23-,24-,26-,28-,30+,32+,39-/m1/s1. The number of carbonyl (C=O) groups is 4. The number of hydrogen-bond acceptors (Lipinski definition) is 11. The summed E-state index contributed by atoms with van der Waals surface area (Å²) in [5.41, 5.74) is -1.65. The van der Waals surface area contributed by atoms with Crippen LogP contribution in [0.1, 0.15) is 72.6 Å². The molecule has 8 atom stereocenters. The quantitative estimate of drug-likeness (QED) is 0.300. The number of pyridine rings is 1. The van der Waals surface area contributed by atoms with Crippen molar-refractivity contribution >= 4 is 50.4 Å². The molecule has 0 spiro atoms. The van der Waals surface area contributed by atoms with Gasteiger partial charge >= 0.3 is 12.3 Å². The van der Waals surface area contributed by atoms with Crippen molar-refractivity contribution in [3.63, 3.8) is 0 Å². The number of rotatable bonds is 9. The number of benzene rings is 1. The maximum absolute atomic E-state index is 14.8. The Bertz CT molecular complexity index is 2110. The lowest BCUT2D eigenvalue weighted by Crippen LogP contribution is -2.59. The lowest BCUT2D eigenvalue weighted by Gasteiger charge is -2.33. The summed E-state index contributed by atoms with van der Waals surface area (Å²) in [5.74, 6) is -2.35. The molecule has 3 N–H and O–H groups in total. The first-order valence-electron chi connectivity index (χ1n) is 19.8. The normalized spacial score (nSPS) is 29.4. The molecule has 1 saturated heterocycles. The molecule has 0 unspecified atom stereocenters. The third-order valence-electron chi connectivity index (χ3n) is 12.0. The van der Waals surface area contributed by atoms with Crippen LogP contribution < -0.4 is 29.7 Å². The largest absolute Gasteiger partial charge is 0.497 e. The van der Waals surface area contributed by atoms with Crippen molar-refractivity contribution in [2.45, 2.75) is 113 Å². The lowest BCUT2D eigenvalue weighted by molar-refractivity contribution is -0.197. The molecule has 2 aliphatic heterocycles. The zero-order valence-electron chi connectivity index (χ0n) is 34.2. The molecule has 2 aromatic rings. The molecule has 4 amide bonds. The molecule has 6 rings (SSSR count). The fraction of sp³-hybridized carbons (Fsp3) is 0.625. The van der Waals surface area contributed by atoms with Crippen molar-refractivity contribution in [3.8, 4) is 11.6 Å². The van der Waals surface area contributed by atoms with Crippen LogP contribution in [0.3, 0.4) is 0 Å². The number of alkyl halides is 3. The number of sulfonamides is 1. The molecule has 4 aliphatic rings. The Kier molecular flexibility index (Phi) is 12.1. The summed E-state index contributed by atoms with van der Waals surface area (Å²) in [4.78, 5) is 63.9. The summed E-state index contributed by atoms with van der Waals surface area (Å²) in [6, 6.07) is 4.38. The number of nitrogens with zero attached hydrogens (tertiary/aromatic N) is 3. The summed E-state index contributed by atoms with van der Waals surface area (Å²) >= 11 is 0. The Balaban J connectivity index is 1.37. The number of methoxy groups -OCH3 is 1. The van der Waals surface area contributed by atoms with Gasteiger partial charge in [-0.25, -0.2) is 13.2 Å². The van der Waals surface area contributed by atoms with Gasteiger partial charge in [0.25, 0.3) is 5.91 Å². The molecular weight excluding hydrogens is 798 g/mol. The van der Waals surface area contributed by atoms with Crippen molar-refractivity contribution < 1.29 is 55.0 Å².